The fourth-order valence-corrected chi connectivity index (χ4v) is 0. The molecule has 0 amide bonds. The van der Waals surface area contributed by atoms with E-state index in [9.17, 15) is 0 Å². The van der Waals surface area contributed by atoms with Gasteiger partial charge in [0.15, 0.2) is 0 Å². The zero-order valence-corrected chi connectivity index (χ0v) is 9.17. The van der Waals surface area contributed by atoms with Crippen LogP contribution in [0, 0.1) is 0 Å². The van der Waals surface area contributed by atoms with Crippen LogP contribution in [0.15, 0.2) is 0 Å². The fraction of sp³-hybridized carbons (Fsp3) is 0. The van der Waals surface area contributed by atoms with Gasteiger partial charge in [0.25, 0.3) is 0 Å². The summed E-state index contributed by atoms with van der Waals surface area (Å²) in [6.45, 7) is 0. The van der Waals surface area contributed by atoms with Crippen LogP contribution in [0.3, 0.4) is 0 Å². The number of hydrogen-bond acceptors (Lipinski definition) is 9. The van der Waals surface area contributed by atoms with Gasteiger partial charge in [-0.05, 0) is 12.3 Å². The third-order valence-electron chi connectivity index (χ3n) is 0. The first-order chi connectivity index (χ1) is 5.20. The fourth-order valence-electron chi connectivity index (χ4n) is 0. The molecule has 0 saturated heterocycles. The maximum Gasteiger partial charge on any atom is 1.00 e. The number of rotatable bonds is 0. The normalized spacial score (nSPS) is 5.54. The molecule has 0 aromatic rings. The van der Waals surface area contributed by atoms with Crippen molar-refractivity contribution in [2.75, 3.05) is 0 Å². The molecule has 0 atom stereocenters. The smallest absolute Gasteiger partial charge is 0.672 e. The summed E-state index contributed by atoms with van der Waals surface area (Å²) in [6.07, 6.45) is -4.67. The molecule has 0 aromatic carbocycles. The topological polar surface area (TPSA) is 190 Å². The molecule has 0 bridgehead atoms. The molecule has 0 aromatic heterocycles. The van der Waals surface area contributed by atoms with Gasteiger partial charge in [-0.1, -0.05) is 0 Å². The van der Waals surface area contributed by atoms with Gasteiger partial charge >= 0.3 is 29.6 Å². The summed E-state index contributed by atoms with van der Waals surface area (Å²) in [4.78, 5) is 33.7. The second kappa shape index (κ2) is 17.3. The van der Waals surface area contributed by atoms with E-state index in [-0.39, 0.29) is 29.6 Å². The molecule has 0 heterocycles. The number of hydrogen-bond donors (Lipinski definition) is 0. The second-order valence-electron chi connectivity index (χ2n) is 0.750. The van der Waals surface area contributed by atoms with Crippen molar-refractivity contribution in [1.29, 1.82) is 0 Å². The van der Waals surface area contributed by atoms with Crippen LogP contribution in [0.1, 0.15) is 0 Å². The van der Waals surface area contributed by atoms with Crippen LogP contribution >= 0.6 is 0 Å². The van der Waals surface area contributed by atoms with Gasteiger partial charge < -0.3 is 44.1 Å². The van der Waals surface area contributed by atoms with Crippen molar-refractivity contribution in [3.05, 3.63) is 0 Å². The van der Waals surface area contributed by atoms with E-state index in [1.807, 2.05) is 0 Å². The minimum Gasteiger partial charge on any atom is -0.672 e. The molecule has 13 heavy (non-hydrogen) atoms. The average molecular weight is 219 g/mol. The Bertz CT molecular complexity index is 115. The van der Waals surface area contributed by atoms with Gasteiger partial charge in [0.05, 0.1) is 0 Å². The van der Waals surface area contributed by atoms with E-state index in [4.69, 9.17) is 44.1 Å². The molecular weight excluding hydrogens is 219 g/mol. The van der Waals surface area contributed by atoms with Crippen molar-refractivity contribution in [1.82, 2.24) is 0 Å². The maximum absolute atomic E-state index is 8.52. The standard InChI is InChI=1S/2CH2O3.Na.O3Si/c2*2-1(3)4;;1-4(2)3/h2*(H2,2,3,4);;/q;;+1;-2/p-4. The van der Waals surface area contributed by atoms with E-state index < -0.39 is 21.5 Å². The summed E-state index contributed by atoms with van der Waals surface area (Å²) in [6, 6.07) is 0. The molecule has 0 aliphatic rings. The number of carbonyl (C=O) groups is 2. The van der Waals surface area contributed by atoms with Gasteiger partial charge in [0, 0.05) is 9.17 Å². The molecule has 0 spiro atoms. The van der Waals surface area contributed by atoms with Crippen molar-refractivity contribution >= 4 is 21.5 Å². The SMILES string of the molecule is O=C([O-])[O-].O=C([O-])[O-].O=[Si]([O-])[O-].[Na+]. The molecule has 0 aliphatic heterocycles. The number of carboxylic acid groups (broad SMARTS) is 4. The van der Waals surface area contributed by atoms with Crippen LogP contribution in [0.4, 0.5) is 9.59 Å². The molecule has 0 aliphatic carbocycles. The summed E-state index contributed by atoms with van der Waals surface area (Å²) in [5, 5.41) is 33.3. The van der Waals surface area contributed by atoms with Crippen LogP contribution in [0.5, 0.6) is 0 Å². The van der Waals surface area contributed by atoms with Crippen LogP contribution in [0.2, 0.25) is 0 Å². The summed E-state index contributed by atoms with van der Waals surface area (Å²) in [5.41, 5.74) is 0. The molecule has 0 rings (SSSR count). The Morgan fingerprint density at radius 2 is 0.846 bits per heavy atom. The molecule has 0 unspecified atom stereocenters. The zero-order chi connectivity index (χ0) is 10.7. The minimum atomic E-state index is -3.63. The van der Waals surface area contributed by atoms with Crippen LogP contribution in [-0.2, 0) is 4.46 Å². The summed E-state index contributed by atoms with van der Waals surface area (Å²) >= 11 is 0. The van der Waals surface area contributed by atoms with E-state index in [0.717, 1.165) is 0 Å². The quantitative estimate of drug-likeness (QED) is 0.355. The molecule has 11 heteroatoms. The van der Waals surface area contributed by atoms with E-state index in [1.54, 1.807) is 0 Å². The maximum atomic E-state index is 8.52. The molecule has 0 saturated carbocycles. The third kappa shape index (κ3) is 1320. The first kappa shape index (κ1) is 22.7. The van der Waals surface area contributed by atoms with Gasteiger partial charge in [0.1, 0.15) is 0 Å². The van der Waals surface area contributed by atoms with Crippen molar-refractivity contribution in [3.8, 4) is 0 Å². The third-order valence-corrected chi connectivity index (χ3v) is 0. The van der Waals surface area contributed by atoms with E-state index >= 15 is 0 Å². The molecule has 0 N–H and O–H groups in total. The largest absolute Gasteiger partial charge is 1.00 e. The summed E-state index contributed by atoms with van der Waals surface area (Å²) in [5.74, 6) is 0. The Morgan fingerprint density at radius 3 is 0.846 bits per heavy atom. The van der Waals surface area contributed by atoms with Crippen LogP contribution in [0.25, 0.3) is 0 Å². The minimum absolute atomic E-state index is 0. The molecule has 72 valence electrons. The van der Waals surface area contributed by atoms with E-state index in [2.05, 4.69) is 0 Å². The Hall–Kier alpha value is -0.843. The predicted molar refractivity (Wildman–Crippen MR) is 17.2 cm³/mol. The molecule has 0 radical (unpaired) electrons. The van der Waals surface area contributed by atoms with Crippen molar-refractivity contribution < 1.29 is 73.6 Å². The Balaban J connectivity index is -0.0000000450. The Kier molecular flexibility index (Phi) is 30.3. The Labute approximate surface area is 95.1 Å². The van der Waals surface area contributed by atoms with Gasteiger partial charge in [-0.25, -0.2) is 0 Å². The van der Waals surface area contributed by atoms with Gasteiger partial charge in [-0.15, -0.1) is 0 Å². The van der Waals surface area contributed by atoms with Gasteiger partial charge in [-0.3, -0.25) is 0 Å². The molecule has 9 nitrogen and oxygen atoms in total. The van der Waals surface area contributed by atoms with Crippen molar-refractivity contribution in [3.63, 3.8) is 0 Å². The number of carbonyl (C=O) groups excluding carboxylic acids is 2. The summed E-state index contributed by atoms with van der Waals surface area (Å²) < 4.78 is 8.52. The summed E-state index contributed by atoms with van der Waals surface area (Å²) in [7, 11) is -3.63. The van der Waals surface area contributed by atoms with Gasteiger partial charge in [0.2, 0.25) is 0 Å². The first-order valence-corrected chi connectivity index (χ1v) is 3.06. The second-order valence-corrected chi connectivity index (χ2v) is 1.25. The van der Waals surface area contributed by atoms with Gasteiger partial charge in [-0.2, -0.15) is 0 Å². The van der Waals surface area contributed by atoms with Crippen molar-refractivity contribution in [2.24, 2.45) is 0 Å². The van der Waals surface area contributed by atoms with Crippen LogP contribution < -0.4 is 59.6 Å². The first-order valence-electron chi connectivity index (χ1n) is 1.84. The monoisotopic (exact) mass is 219 g/mol. The van der Waals surface area contributed by atoms with E-state index in [0.29, 0.717) is 0 Å². The molecule has 0 fully saturated rings. The van der Waals surface area contributed by atoms with Crippen LogP contribution in [-0.4, -0.2) is 21.5 Å². The predicted octanol–water partition coefficient (Wildman–Crippen LogP) is -10.8. The van der Waals surface area contributed by atoms with Crippen molar-refractivity contribution in [2.45, 2.75) is 0 Å². The zero-order valence-electron chi connectivity index (χ0n) is 6.17. The Morgan fingerprint density at radius 1 is 0.846 bits per heavy atom. The molecular formula is C2NaO9Si-5. The average Bonchev–Trinajstić information content (AvgIpc) is 1.54. The van der Waals surface area contributed by atoms with E-state index in [1.165, 1.54) is 0 Å².